The third-order valence-corrected chi connectivity index (χ3v) is 2.53. The standard InChI is InChI=1S/C9H13NO4/c11-8(7(10-14)9(12)13)6-4-2-1-3-5-6/h6,11H,1-5H2,(H,12,13). The molecule has 0 radical (unpaired) electrons. The first kappa shape index (κ1) is 10.7. The highest BCUT2D eigenvalue weighted by molar-refractivity contribution is 5.86. The second-order valence-electron chi connectivity index (χ2n) is 3.47. The van der Waals surface area contributed by atoms with E-state index in [0.717, 1.165) is 32.1 Å². The average molecular weight is 199 g/mol. The number of aliphatic carboxylic acids is 1. The van der Waals surface area contributed by atoms with Crippen LogP contribution < -0.4 is 0 Å². The molecule has 14 heavy (non-hydrogen) atoms. The molecule has 0 aromatic carbocycles. The van der Waals surface area contributed by atoms with Gasteiger partial charge in [-0.3, -0.25) is 0 Å². The summed E-state index contributed by atoms with van der Waals surface area (Å²) in [6.07, 6.45) is 4.48. The van der Waals surface area contributed by atoms with Crippen LogP contribution in [0.15, 0.2) is 16.6 Å². The Bertz CT molecular complexity index is 266. The van der Waals surface area contributed by atoms with Crippen molar-refractivity contribution in [2.45, 2.75) is 32.1 Å². The zero-order valence-electron chi connectivity index (χ0n) is 7.77. The Hall–Kier alpha value is -1.39. The van der Waals surface area contributed by atoms with Gasteiger partial charge in [0, 0.05) is 5.92 Å². The number of carbonyl (C=O) groups is 1. The fourth-order valence-electron chi connectivity index (χ4n) is 1.76. The van der Waals surface area contributed by atoms with E-state index in [-0.39, 0.29) is 11.7 Å². The number of allylic oxidation sites excluding steroid dienone is 1. The van der Waals surface area contributed by atoms with Crippen molar-refractivity contribution in [1.82, 2.24) is 0 Å². The molecule has 78 valence electrons. The number of aliphatic hydroxyl groups excluding tert-OH is 1. The van der Waals surface area contributed by atoms with E-state index in [0.29, 0.717) is 0 Å². The van der Waals surface area contributed by atoms with E-state index >= 15 is 0 Å². The van der Waals surface area contributed by atoms with Crippen LogP contribution in [-0.4, -0.2) is 16.2 Å². The smallest absolute Gasteiger partial charge is 0.361 e. The lowest BCUT2D eigenvalue weighted by Crippen LogP contribution is -2.13. The van der Waals surface area contributed by atoms with Gasteiger partial charge in [0.25, 0.3) is 0 Å². The Morgan fingerprint density at radius 1 is 1.14 bits per heavy atom. The average Bonchev–Trinajstić information content (AvgIpc) is 2.19. The molecular weight excluding hydrogens is 186 g/mol. The maximum absolute atomic E-state index is 10.5. The molecule has 0 spiro atoms. The number of rotatable bonds is 3. The highest BCUT2D eigenvalue weighted by atomic mass is 16.4. The van der Waals surface area contributed by atoms with Gasteiger partial charge in [-0.25, -0.2) is 4.79 Å². The zero-order chi connectivity index (χ0) is 10.6. The Balaban J connectivity index is 2.81. The molecule has 0 amide bonds. The highest BCUT2D eigenvalue weighted by Crippen LogP contribution is 2.30. The minimum atomic E-state index is -1.46. The molecule has 0 heterocycles. The normalized spacial score (nSPS) is 20.0. The highest BCUT2D eigenvalue weighted by Gasteiger charge is 2.24. The molecule has 0 aliphatic heterocycles. The van der Waals surface area contributed by atoms with Crippen LogP contribution in [0.3, 0.4) is 0 Å². The molecule has 0 saturated heterocycles. The number of carboxylic acid groups (broad SMARTS) is 1. The molecular formula is C9H13NO4. The van der Waals surface area contributed by atoms with Gasteiger partial charge in [-0.1, -0.05) is 19.3 Å². The zero-order valence-corrected chi connectivity index (χ0v) is 7.77. The monoisotopic (exact) mass is 199 g/mol. The summed E-state index contributed by atoms with van der Waals surface area (Å²) < 4.78 is 0. The lowest BCUT2D eigenvalue weighted by Gasteiger charge is -2.20. The molecule has 0 aromatic rings. The number of nitrogens with zero attached hydrogens (tertiary/aromatic N) is 1. The number of hydrogen-bond donors (Lipinski definition) is 2. The van der Waals surface area contributed by atoms with Crippen molar-refractivity contribution < 1.29 is 15.0 Å². The fraction of sp³-hybridized carbons (Fsp3) is 0.667. The maximum atomic E-state index is 10.5. The molecule has 1 rings (SSSR count). The van der Waals surface area contributed by atoms with E-state index in [2.05, 4.69) is 5.18 Å². The number of hydrogen-bond acceptors (Lipinski definition) is 4. The summed E-state index contributed by atoms with van der Waals surface area (Å²) in [4.78, 5) is 20.7. The fourth-order valence-corrected chi connectivity index (χ4v) is 1.76. The molecule has 0 atom stereocenters. The molecule has 0 aromatic heterocycles. The first-order valence-corrected chi connectivity index (χ1v) is 4.66. The summed E-state index contributed by atoms with van der Waals surface area (Å²) in [5, 5.41) is 20.4. The van der Waals surface area contributed by atoms with Crippen molar-refractivity contribution in [2.75, 3.05) is 0 Å². The molecule has 5 heteroatoms. The lowest BCUT2D eigenvalue weighted by molar-refractivity contribution is -0.133. The van der Waals surface area contributed by atoms with Crippen LogP contribution >= 0.6 is 0 Å². The second kappa shape index (κ2) is 4.74. The van der Waals surface area contributed by atoms with Crippen LogP contribution in [0.5, 0.6) is 0 Å². The van der Waals surface area contributed by atoms with Gasteiger partial charge >= 0.3 is 5.97 Å². The largest absolute Gasteiger partial charge is 0.509 e. The van der Waals surface area contributed by atoms with E-state index in [1.165, 1.54) is 0 Å². The molecule has 1 aliphatic carbocycles. The number of aliphatic hydroxyl groups is 1. The first-order chi connectivity index (χ1) is 6.66. The summed E-state index contributed by atoms with van der Waals surface area (Å²) in [6.45, 7) is 0. The second-order valence-corrected chi connectivity index (χ2v) is 3.47. The third kappa shape index (κ3) is 2.31. The molecule has 2 N–H and O–H groups in total. The van der Waals surface area contributed by atoms with Crippen molar-refractivity contribution in [3.8, 4) is 0 Å². The number of carboxylic acids is 1. The molecule has 1 fully saturated rings. The van der Waals surface area contributed by atoms with Gasteiger partial charge in [0.2, 0.25) is 5.70 Å². The van der Waals surface area contributed by atoms with Crippen LogP contribution in [-0.2, 0) is 4.79 Å². The van der Waals surface area contributed by atoms with Crippen LogP contribution in [0.2, 0.25) is 0 Å². The Morgan fingerprint density at radius 3 is 2.14 bits per heavy atom. The van der Waals surface area contributed by atoms with Crippen molar-refractivity contribution in [1.29, 1.82) is 0 Å². The third-order valence-electron chi connectivity index (χ3n) is 2.53. The summed E-state index contributed by atoms with van der Waals surface area (Å²) >= 11 is 0. The van der Waals surface area contributed by atoms with E-state index in [1.54, 1.807) is 0 Å². The minimum Gasteiger partial charge on any atom is -0.509 e. The predicted molar refractivity (Wildman–Crippen MR) is 49.7 cm³/mol. The maximum Gasteiger partial charge on any atom is 0.361 e. The van der Waals surface area contributed by atoms with Crippen LogP contribution in [0.1, 0.15) is 32.1 Å². The molecule has 1 aliphatic rings. The van der Waals surface area contributed by atoms with Crippen LogP contribution in [0, 0.1) is 10.8 Å². The van der Waals surface area contributed by atoms with Crippen LogP contribution in [0.25, 0.3) is 0 Å². The van der Waals surface area contributed by atoms with E-state index in [1.807, 2.05) is 0 Å². The van der Waals surface area contributed by atoms with Crippen molar-refractivity contribution in [2.24, 2.45) is 11.1 Å². The summed E-state index contributed by atoms with van der Waals surface area (Å²) in [7, 11) is 0. The van der Waals surface area contributed by atoms with Gasteiger partial charge < -0.3 is 10.2 Å². The Morgan fingerprint density at radius 2 is 1.71 bits per heavy atom. The molecule has 1 saturated carbocycles. The summed E-state index contributed by atoms with van der Waals surface area (Å²) in [6, 6.07) is 0. The van der Waals surface area contributed by atoms with Crippen molar-refractivity contribution >= 4 is 5.97 Å². The van der Waals surface area contributed by atoms with Crippen molar-refractivity contribution in [3.63, 3.8) is 0 Å². The molecule has 0 unspecified atom stereocenters. The number of nitroso groups, excluding NO2 is 1. The van der Waals surface area contributed by atoms with Gasteiger partial charge in [-0.15, -0.1) is 4.91 Å². The Kier molecular flexibility index (Phi) is 3.62. The van der Waals surface area contributed by atoms with Gasteiger partial charge in [-0.2, -0.15) is 0 Å². The van der Waals surface area contributed by atoms with Gasteiger partial charge in [0.05, 0.1) is 0 Å². The Labute approximate surface area is 81.4 Å². The van der Waals surface area contributed by atoms with Crippen LogP contribution in [0.4, 0.5) is 0 Å². The minimum absolute atomic E-state index is 0.201. The van der Waals surface area contributed by atoms with E-state index in [4.69, 9.17) is 5.11 Å². The SMILES string of the molecule is O=NC(C(=O)O)=C(O)C1CCCCC1. The van der Waals surface area contributed by atoms with Gasteiger partial charge in [-0.05, 0) is 18.0 Å². The predicted octanol–water partition coefficient (Wildman–Crippen LogP) is 2.19. The van der Waals surface area contributed by atoms with Gasteiger partial charge in [0.15, 0.2) is 0 Å². The van der Waals surface area contributed by atoms with Gasteiger partial charge in [0.1, 0.15) is 5.76 Å². The van der Waals surface area contributed by atoms with E-state index in [9.17, 15) is 14.8 Å². The summed E-state index contributed by atoms with van der Waals surface area (Å²) in [5.41, 5.74) is -0.739. The quantitative estimate of drug-likeness (QED) is 0.414. The van der Waals surface area contributed by atoms with Crippen molar-refractivity contribution in [3.05, 3.63) is 16.4 Å². The van der Waals surface area contributed by atoms with E-state index < -0.39 is 11.7 Å². The summed E-state index contributed by atoms with van der Waals surface area (Å²) in [5.74, 6) is -2.01. The topological polar surface area (TPSA) is 87.0 Å². The first-order valence-electron chi connectivity index (χ1n) is 4.66. The lowest BCUT2D eigenvalue weighted by atomic mass is 9.87. The molecule has 5 nitrogen and oxygen atoms in total. The molecule has 0 bridgehead atoms.